The lowest BCUT2D eigenvalue weighted by Gasteiger charge is -2.27. The van der Waals surface area contributed by atoms with E-state index in [0.29, 0.717) is 4.99 Å². The zero-order valence-corrected chi connectivity index (χ0v) is 9.16. The van der Waals surface area contributed by atoms with Crippen molar-refractivity contribution >= 4 is 17.2 Å². The molecule has 72 valence electrons. The van der Waals surface area contributed by atoms with Crippen LogP contribution in [-0.4, -0.2) is 29.0 Å². The molecule has 0 aromatic heterocycles. The molecule has 0 amide bonds. The van der Waals surface area contributed by atoms with Crippen LogP contribution in [0.5, 0.6) is 0 Å². The molecule has 0 radical (unpaired) electrons. The highest BCUT2D eigenvalue weighted by Crippen LogP contribution is 2.01. The van der Waals surface area contributed by atoms with Gasteiger partial charge in [0.25, 0.3) is 0 Å². The van der Waals surface area contributed by atoms with Crippen LogP contribution >= 0.6 is 12.2 Å². The van der Waals surface area contributed by atoms with Gasteiger partial charge in [0.1, 0.15) is 0 Å². The Morgan fingerprint density at radius 2 is 1.75 bits per heavy atom. The fourth-order valence-electron chi connectivity index (χ4n) is 1.25. The Balaban J connectivity index is 3.98. The van der Waals surface area contributed by atoms with Gasteiger partial charge in [-0.3, -0.25) is 4.90 Å². The van der Waals surface area contributed by atoms with Gasteiger partial charge < -0.3 is 5.73 Å². The van der Waals surface area contributed by atoms with E-state index in [4.69, 9.17) is 18.0 Å². The van der Waals surface area contributed by atoms with E-state index in [1.54, 1.807) is 0 Å². The largest absolute Gasteiger partial charge is 0.392 e. The van der Waals surface area contributed by atoms with Gasteiger partial charge in [0.05, 0.1) is 11.0 Å². The lowest BCUT2D eigenvalue weighted by molar-refractivity contribution is 0.255. The Bertz CT molecular complexity index is 130. The van der Waals surface area contributed by atoms with Crippen LogP contribution in [0, 0.1) is 0 Å². The third kappa shape index (κ3) is 4.02. The summed E-state index contributed by atoms with van der Waals surface area (Å²) >= 11 is 4.96. The van der Waals surface area contributed by atoms with Gasteiger partial charge >= 0.3 is 0 Å². The molecule has 0 aromatic carbocycles. The minimum absolute atomic E-state index is 0.250. The second-order valence-electron chi connectivity index (χ2n) is 3.11. The minimum Gasteiger partial charge on any atom is -0.392 e. The lowest BCUT2D eigenvalue weighted by Crippen LogP contribution is -2.42. The molecule has 0 aliphatic carbocycles. The molecule has 0 heterocycles. The topological polar surface area (TPSA) is 29.3 Å². The minimum atomic E-state index is 0.250. The molecule has 0 saturated heterocycles. The van der Waals surface area contributed by atoms with Crippen LogP contribution in [0.3, 0.4) is 0 Å². The molecule has 2 nitrogen and oxygen atoms in total. The summed E-state index contributed by atoms with van der Waals surface area (Å²) in [5.74, 6) is 0. The first-order chi connectivity index (χ1) is 5.63. The van der Waals surface area contributed by atoms with Gasteiger partial charge in [-0.1, -0.05) is 26.1 Å². The maximum atomic E-state index is 5.59. The van der Waals surface area contributed by atoms with Crippen LogP contribution in [0.1, 0.15) is 33.6 Å². The van der Waals surface area contributed by atoms with Gasteiger partial charge in [0, 0.05) is 0 Å². The number of hydrogen-bond donors (Lipinski definition) is 1. The molecule has 0 aliphatic heterocycles. The number of hydrogen-bond acceptors (Lipinski definition) is 2. The monoisotopic (exact) mass is 188 g/mol. The zero-order valence-electron chi connectivity index (χ0n) is 8.34. The number of thiocarbonyl (C=S) groups is 1. The quantitative estimate of drug-likeness (QED) is 0.644. The maximum absolute atomic E-state index is 5.59. The molecular weight excluding hydrogens is 168 g/mol. The molecule has 2 N–H and O–H groups in total. The molecule has 1 atom stereocenters. The fourth-order valence-corrected chi connectivity index (χ4v) is 1.40. The second kappa shape index (κ2) is 6.38. The van der Waals surface area contributed by atoms with E-state index in [-0.39, 0.29) is 6.04 Å². The van der Waals surface area contributed by atoms with E-state index >= 15 is 0 Å². The fraction of sp³-hybridized carbons (Fsp3) is 0.889. The van der Waals surface area contributed by atoms with Gasteiger partial charge in [-0.15, -0.1) is 0 Å². The van der Waals surface area contributed by atoms with E-state index < -0.39 is 0 Å². The van der Waals surface area contributed by atoms with Crippen molar-refractivity contribution in [2.75, 3.05) is 13.1 Å². The summed E-state index contributed by atoms with van der Waals surface area (Å²) in [5, 5.41) is 0. The van der Waals surface area contributed by atoms with Crippen LogP contribution in [0.2, 0.25) is 0 Å². The van der Waals surface area contributed by atoms with E-state index in [1.165, 1.54) is 0 Å². The summed E-state index contributed by atoms with van der Waals surface area (Å²) in [6.45, 7) is 8.61. The zero-order chi connectivity index (χ0) is 9.56. The molecule has 0 aliphatic rings. The second-order valence-corrected chi connectivity index (χ2v) is 3.59. The molecule has 0 bridgehead atoms. The predicted molar refractivity (Wildman–Crippen MR) is 58.4 cm³/mol. The average Bonchev–Trinajstić information content (AvgIpc) is 2.03. The van der Waals surface area contributed by atoms with E-state index in [0.717, 1.165) is 25.9 Å². The molecule has 0 rings (SSSR count). The highest BCUT2D eigenvalue weighted by atomic mass is 32.1. The van der Waals surface area contributed by atoms with Crippen molar-refractivity contribution in [3.63, 3.8) is 0 Å². The molecule has 0 saturated carbocycles. The van der Waals surface area contributed by atoms with Gasteiger partial charge in [-0.25, -0.2) is 0 Å². The number of nitrogens with two attached hydrogens (primary N) is 1. The molecule has 0 aromatic rings. The van der Waals surface area contributed by atoms with Gasteiger partial charge in [0.2, 0.25) is 0 Å². The van der Waals surface area contributed by atoms with Crippen LogP contribution < -0.4 is 5.73 Å². The van der Waals surface area contributed by atoms with Crippen molar-refractivity contribution in [2.45, 2.75) is 39.7 Å². The van der Waals surface area contributed by atoms with Crippen molar-refractivity contribution in [3.05, 3.63) is 0 Å². The smallest absolute Gasteiger partial charge is 0.0899 e. The highest BCUT2D eigenvalue weighted by Gasteiger charge is 2.13. The Morgan fingerprint density at radius 1 is 1.33 bits per heavy atom. The van der Waals surface area contributed by atoms with Crippen molar-refractivity contribution in [1.29, 1.82) is 0 Å². The van der Waals surface area contributed by atoms with Gasteiger partial charge in [0.15, 0.2) is 0 Å². The lowest BCUT2D eigenvalue weighted by atomic mass is 10.2. The third-order valence-corrected chi connectivity index (χ3v) is 2.32. The SMILES string of the molecule is CCCN(CCC)C(C)C(N)=S. The standard InChI is InChI=1S/C9H20N2S/c1-4-6-11(7-5-2)8(3)9(10)12/h8H,4-7H2,1-3H3,(H2,10,12). The Kier molecular flexibility index (Phi) is 6.30. The van der Waals surface area contributed by atoms with Crippen molar-refractivity contribution in [3.8, 4) is 0 Å². The molecule has 0 fully saturated rings. The van der Waals surface area contributed by atoms with E-state index in [1.807, 2.05) is 0 Å². The Hall–Kier alpha value is -0.150. The molecule has 3 heteroatoms. The summed E-state index contributed by atoms with van der Waals surface area (Å²) in [6.07, 6.45) is 2.32. The number of rotatable bonds is 6. The van der Waals surface area contributed by atoms with Crippen molar-refractivity contribution < 1.29 is 0 Å². The summed E-state index contributed by atoms with van der Waals surface area (Å²) in [5.41, 5.74) is 5.59. The van der Waals surface area contributed by atoms with Crippen molar-refractivity contribution in [2.24, 2.45) is 5.73 Å². The Labute approximate surface area is 81.1 Å². The highest BCUT2D eigenvalue weighted by molar-refractivity contribution is 7.80. The van der Waals surface area contributed by atoms with Gasteiger partial charge in [-0.2, -0.15) is 0 Å². The van der Waals surface area contributed by atoms with Crippen LogP contribution in [0.25, 0.3) is 0 Å². The average molecular weight is 188 g/mol. The first-order valence-electron chi connectivity index (χ1n) is 4.66. The maximum Gasteiger partial charge on any atom is 0.0899 e. The summed E-state index contributed by atoms with van der Waals surface area (Å²) in [7, 11) is 0. The molecule has 1 unspecified atom stereocenters. The van der Waals surface area contributed by atoms with Crippen molar-refractivity contribution in [1.82, 2.24) is 4.90 Å². The third-order valence-electron chi connectivity index (χ3n) is 1.98. The predicted octanol–water partition coefficient (Wildman–Crippen LogP) is 1.78. The summed E-state index contributed by atoms with van der Waals surface area (Å²) in [4.78, 5) is 2.94. The van der Waals surface area contributed by atoms with Crippen LogP contribution in [0.4, 0.5) is 0 Å². The first-order valence-corrected chi connectivity index (χ1v) is 5.07. The first kappa shape index (κ1) is 11.8. The molecular formula is C9H20N2S. The van der Waals surface area contributed by atoms with E-state index in [9.17, 15) is 0 Å². The molecule has 0 spiro atoms. The Morgan fingerprint density at radius 3 is 2.00 bits per heavy atom. The van der Waals surface area contributed by atoms with Gasteiger partial charge in [-0.05, 0) is 32.9 Å². The van der Waals surface area contributed by atoms with Crippen LogP contribution in [0.15, 0.2) is 0 Å². The summed E-state index contributed by atoms with van der Waals surface area (Å²) < 4.78 is 0. The summed E-state index contributed by atoms with van der Waals surface area (Å²) in [6, 6.07) is 0.250. The normalized spacial score (nSPS) is 13.3. The molecule has 12 heavy (non-hydrogen) atoms. The van der Waals surface area contributed by atoms with Crippen LogP contribution in [-0.2, 0) is 0 Å². The number of nitrogens with zero attached hydrogens (tertiary/aromatic N) is 1. The van der Waals surface area contributed by atoms with E-state index in [2.05, 4.69) is 25.7 Å².